The van der Waals surface area contributed by atoms with Crippen LogP contribution in [0.4, 0.5) is 5.69 Å². The van der Waals surface area contributed by atoms with E-state index in [1.165, 1.54) is 27.6 Å². The molecule has 0 radical (unpaired) electrons. The van der Waals surface area contributed by atoms with Gasteiger partial charge in [0.25, 0.3) is 5.91 Å². The predicted octanol–water partition coefficient (Wildman–Crippen LogP) is 4.63. The van der Waals surface area contributed by atoms with Crippen molar-refractivity contribution in [3.63, 3.8) is 0 Å². The molecule has 0 unspecified atom stereocenters. The molecule has 2 amide bonds. The number of thiophene rings is 1. The van der Waals surface area contributed by atoms with Gasteiger partial charge in [-0.3, -0.25) is 9.59 Å². The lowest BCUT2D eigenvalue weighted by molar-refractivity contribution is -0.116. The van der Waals surface area contributed by atoms with Crippen LogP contribution in [0.2, 0.25) is 4.34 Å². The summed E-state index contributed by atoms with van der Waals surface area (Å²) in [5.41, 5.74) is 0.930. The Morgan fingerprint density at radius 3 is 2.79 bits per heavy atom. The molecule has 28 heavy (non-hydrogen) atoms. The van der Waals surface area contributed by atoms with Crippen molar-refractivity contribution < 1.29 is 14.3 Å². The van der Waals surface area contributed by atoms with Gasteiger partial charge in [0.1, 0.15) is 23.0 Å². The number of carbonyl (C=O) groups excluding carboxylic acids is 2. The highest BCUT2D eigenvalue weighted by Gasteiger charge is 2.21. The average Bonchev–Trinajstić information content (AvgIpc) is 3.34. The molecule has 3 rings (SSSR count). The lowest BCUT2D eigenvalue weighted by atomic mass is 10.3. The third-order valence-electron chi connectivity index (χ3n) is 3.86. The second-order valence-corrected chi connectivity index (χ2v) is 8.31. The van der Waals surface area contributed by atoms with Crippen molar-refractivity contribution in [2.24, 2.45) is 0 Å². The van der Waals surface area contributed by atoms with Gasteiger partial charge in [-0.05, 0) is 31.2 Å². The van der Waals surface area contributed by atoms with E-state index in [9.17, 15) is 9.59 Å². The van der Waals surface area contributed by atoms with E-state index >= 15 is 0 Å². The minimum Gasteiger partial charge on any atom is -0.497 e. The number of aromatic nitrogens is 1. The van der Waals surface area contributed by atoms with Crippen LogP contribution >= 0.6 is 34.3 Å². The first-order valence-corrected chi connectivity index (χ1v) is 10.5. The van der Waals surface area contributed by atoms with Crippen molar-refractivity contribution in [3.05, 3.63) is 51.8 Å². The number of hydrogen-bond acceptors (Lipinski definition) is 6. The number of halogens is 1. The number of benzene rings is 1. The monoisotopic (exact) mass is 435 g/mol. The third kappa shape index (κ3) is 4.89. The lowest BCUT2D eigenvalue weighted by Crippen LogP contribution is -2.38. The first-order valence-electron chi connectivity index (χ1n) is 8.44. The van der Waals surface area contributed by atoms with E-state index in [1.807, 2.05) is 13.0 Å². The van der Waals surface area contributed by atoms with Gasteiger partial charge in [-0.15, -0.1) is 22.7 Å². The van der Waals surface area contributed by atoms with E-state index in [2.05, 4.69) is 10.3 Å². The maximum atomic E-state index is 12.8. The number of likely N-dealkylation sites (N-methyl/N-ethyl adjacent to an activating group) is 1. The number of amides is 2. The topological polar surface area (TPSA) is 71.5 Å². The Bertz CT molecular complexity index is 986. The van der Waals surface area contributed by atoms with Gasteiger partial charge in [-0.2, -0.15) is 0 Å². The smallest absolute Gasteiger partial charge is 0.273 e. The number of methoxy groups -OCH3 is 1. The zero-order chi connectivity index (χ0) is 20.1. The van der Waals surface area contributed by atoms with Crippen molar-refractivity contribution in [1.82, 2.24) is 9.88 Å². The Morgan fingerprint density at radius 2 is 2.11 bits per heavy atom. The van der Waals surface area contributed by atoms with Gasteiger partial charge in [0.15, 0.2) is 0 Å². The molecule has 0 saturated carbocycles. The van der Waals surface area contributed by atoms with Crippen LogP contribution in [0, 0.1) is 0 Å². The van der Waals surface area contributed by atoms with Gasteiger partial charge in [0.05, 0.1) is 16.3 Å². The van der Waals surface area contributed by atoms with Crippen molar-refractivity contribution in [2.75, 3.05) is 25.5 Å². The zero-order valence-electron chi connectivity index (χ0n) is 15.3. The summed E-state index contributed by atoms with van der Waals surface area (Å²) in [7, 11) is 1.56. The van der Waals surface area contributed by atoms with E-state index in [-0.39, 0.29) is 18.4 Å². The molecule has 146 valence electrons. The Morgan fingerprint density at radius 1 is 1.29 bits per heavy atom. The number of nitrogens with one attached hydrogen (secondary N) is 1. The van der Waals surface area contributed by atoms with Crippen molar-refractivity contribution >= 4 is 51.8 Å². The number of anilines is 1. The molecule has 9 heteroatoms. The standard InChI is InChI=1S/C19H18ClN3O3S2/c1-3-23(10-17(24)21-12-5-4-6-13(9-12)26-2)19(25)14-11-27-18(22-14)15-7-8-16(20)28-15/h4-9,11H,3,10H2,1-2H3,(H,21,24). The first kappa shape index (κ1) is 20.3. The fourth-order valence-electron chi connectivity index (χ4n) is 2.48. The number of ether oxygens (including phenoxy) is 1. The summed E-state index contributed by atoms with van der Waals surface area (Å²) in [4.78, 5) is 31.9. The van der Waals surface area contributed by atoms with Crippen molar-refractivity contribution in [1.29, 1.82) is 0 Å². The molecule has 0 aliphatic carbocycles. The molecule has 0 aliphatic rings. The summed E-state index contributed by atoms with van der Waals surface area (Å²) in [5, 5.41) is 5.21. The number of thiazole rings is 1. The van der Waals surface area contributed by atoms with Crippen LogP contribution in [-0.4, -0.2) is 41.9 Å². The predicted molar refractivity (Wildman–Crippen MR) is 114 cm³/mol. The van der Waals surface area contributed by atoms with Gasteiger partial charge in [-0.1, -0.05) is 17.7 Å². The minimum absolute atomic E-state index is 0.0652. The number of nitrogens with zero attached hydrogens (tertiary/aromatic N) is 2. The van der Waals surface area contributed by atoms with Crippen LogP contribution in [0.25, 0.3) is 9.88 Å². The third-order valence-corrected chi connectivity index (χ3v) is 6.11. The van der Waals surface area contributed by atoms with Crippen LogP contribution < -0.4 is 10.1 Å². The molecule has 0 bridgehead atoms. The fourth-order valence-corrected chi connectivity index (χ4v) is 4.39. The molecule has 0 spiro atoms. The number of hydrogen-bond donors (Lipinski definition) is 1. The van der Waals surface area contributed by atoms with E-state index in [0.29, 0.717) is 28.0 Å². The summed E-state index contributed by atoms with van der Waals surface area (Å²) in [6.45, 7) is 2.15. The Labute approximate surface area is 175 Å². The molecule has 0 aliphatic heterocycles. The largest absolute Gasteiger partial charge is 0.497 e. The van der Waals surface area contributed by atoms with E-state index in [4.69, 9.17) is 16.3 Å². The van der Waals surface area contributed by atoms with Gasteiger partial charge in [0, 0.05) is 23.7 Å². The SMILES string of the molecule is CCN(CC(=O)Nc1cccc(OC)c1)C(=O)c1csc(-c2ccc(Cl)s2)n1. The molecular weight excluding hydrogens is 418 g/mol. The number of carbonyl (C=O) groups is 2. The second-order valence-electron chi connectivity index (χ2n) is 5.74. The maximum absolute atomic E-state index is 12.8. The summed E-state index contributed by atoms with van der Waals surface area (Å²) in [6.07, 6.45) is 0. The van der Waals surface area contributed by atoms with Gasteiger partial charge in [-0.25, -0.2) is 4.98 Å². The molecule has 2 heterocycles. The van der Waals surface area contributed by atoms with Crippen LogP contribution in [0.5, 0.6) is 5.75 Å². The summed E-state index contributed by atoms with van der Waals surface area (Å²) in [5.74, 6) is 0.0716. The normalized spacial score (nSPS) is 10.5. The van der Waals surface area contributed by atoms with Crippen LogP contribution in [0.3, 0.4) is 0 Å². The summed E-state index contributed by atoms with van der Waals surface area (Å²) in [6, 6.07) is 10.7. The van der Waals surface area contributed by atoms with Crippen LogP contribution in [0.1, 0.15) is 17.4 Å². The maximum Gasteiger partial charge on any atom is 0.273 e. The highest BCUT2D eigenvalue weighted by atomic mass is 35.5. The molecule has 6 nitrogen and oxygen atoms in total. The van der Waals surface area contributed by atoms with Crippen molar-refractivity contribution in [3.8, 4) is 15.6 Å². The molecule has 3 aromatic rings. The molecular formula is C19H18ClN3O3S2. The second kappa shape index (κ2) is 9.18. The highest BCUT2D eigenvalue weighted by Crippen LogP contribution is 2.33. The molecule has 0 fully saturated rings. The minimum atomic E-state index is -0.288. The quantitative estimate of drug-likeness (QED) is 0.587. The van der Waals surface area contributed by atoms with Gasteiger partial charge < -0.3 is 15.0 Å². The fraction of sp³-hybridized carbons (Fsp3) is 0.211. The van der Waals surface area contributed by atoms with Crippen molar-refractivity contribution in [2.45, 2.75) is 6.92 Å². The number of rotatable bonds is 7. The summed E-state index contributed by atoms with van der Waals surface area (Å²) >= 11 is 8.75. The van der Waals surface area contributed by atoms with Crippen LogP contribution in [-0.2, 0) is 4.79 Å². The molecule has 1 N–H and O–H groups in total. The first-order chi connectivity index (χ1) is 13.5. The van der Waals surface area contributed by atoms with E-state index in [0.717, 1.165) is 9.88 Å². The van der Waals surface area contributed by atoms with E-state index < -0.39 is 0 Å². The summed E-state index contributed by atoms with van der Waals surface area (Å²) < 4.78 is 5.81. The van der Waals surface area contributed by atoms with Gasteiger partial charge in [0.2, 0.25) is 5.91 Å². The Hall–Kier alpha value is -2.42. The molecule has 0 saturated heterocycles. The van der Waals surface area contributed by atoms with E-state index in [1.54, 1.807) is 42.8 Å². The lowest BCUT2D eigenvalue weighted by Gasteiger charge is -2.19. The zero-order valence-corrected chi connectivity index (χ0v) is 17.7. The van der Waals surface area contributed by atoms with Crippen LogP contribution in [0.15, 0.2) is 41.8 Å². The van der Waals surface area contributed by atoms with Gasteiger partial charge >= 0.3 is 0 Å². The Balaban J connectivity index is 1.66. The highest BCUT2D eigenvalue weighted by molar-refractivity contribution is 7.23. The molecule has 2 aromatic heterocycles. The molecule has 1 aromatic carbocycles. The molecule has 0 atom stereocenters. The average molecular weight is 436 g/mol. The Kier molecular flexibility index (Phi) is 6.66.